The summed E-state index contributed by atoms with van der Waals surface area (Å²) in [5.74, 6) is 0.113. The lowest BCUT2D eigenvalue weighted by Gasteiger charge is -2.20. The summed E-state index contributed by atoms with van der Waals surface area (Å²) >= 11 is 5.95. The Morgan fingerprint density at radius 1 is 0.897 bits per heavy atom. The van der Waals surface area contributed by atoms with Crippen molar-refractivity contribution in [3.05, 3.63) is 119 Å². The molecule has 198 valence electrons. The molecule has 0 aliphatic rings. The molecular weight excluding hydrogens is 512 g/mol. The van der Waals surface area contributed by atoms with Crippen LogP contribution in [0.2, 0.25) is 5.02 Å². The number of carbonyl (C=O) groups excluding carboxylic acids is 2. The molecule has 0 aliphatic heterocycles. The Bertz CT molecular complexity index is 1460. The number of amides is 2. The molecular formula is C31H29ClN4O3. The van der Waals surface area contributed by atoms with Gasteiger partial charge in [0.15, 0.2) is 0 Å². The van der Waals surface area contributed by atoms with Gasteiger partial charge in [0, 0.05) is 34.9 Å². The molecule has 0 radical (unpaired) electrons. The van der Waals surface area contributed by atoms with Crippen LogP contribution in [0.4, 0.5) is 5.69 Å². The van der Waals surface area contributed by atoms with Crippen LogP contribution >= 0.6 is 11.6 Å². The summed E-state index contributed by atoms with van der Waals surface area (Å²) in [6.07, 6.45) is 3.01. The lowest BCUT2D eigenvalue weighted by atomic mass is 10.1. The van der Waals surface area contributed by atoms with Crippen molar-refractivity contribution in [3.63, 3.8) is 0 Å². The van der Waals surface area contributed by atoms with Crippen LogP contribution in [0.3, 0.4) is 0 Å². The number of halogens is 1. The van der Waals surface area contributed by atoms with Crippen molar-refractivity contribution >= 4 is 41.4 Å². The fourth-order valence-electron chi connectivity index (χ4n) is 3.89. The second-order valence-corrected chi connectivity index (χ2v) is 8.99. The number of rotatable bonds is 10. The standard InChI is InChI=1S/C31H29ClN4O3/c1-3-36(4-2)26-16-10-22(11-17-26)20-28(34-30(37)24-8-6-5-7-9-24)31(38)35-33-21-27-18-19-29(39-27)23-12-14-25(32)15-13-23/h5-21H,3-4H2,1-2H3,(H,34,37)(H,35,38)/b28-20+,33-21-. The van der Waals surface area contributed by atoms with Crippen LogP contribution in [-0.4, -0.2) is 31.1 Å². The zero-order valence-corrected chi connectivity index (χ0v) is 22.5. The number of anilines is 1. The molecule has 2 N–H and O–H groups in total. The fraction of sp³-hybridized carbons (Fsp3) is 0.129. The number of hydrogen-bond acceptors (Lipinski definition) is 5. The Morgan fingerprint density at radius 2 is 1.59 bits per heavy atom. The van der Waals surface area contributed by atoms with Gasteiger partial charge in [-0.25, -0.2) is 5.43 Å². The first kappa shape index (κ1) is 27.4. The van der Waals surface area contributed by atoms with E-state index < -0.39 is 11.8 Å². The molecule has 4 aromatic rings. The van der Waals surface area contributed by atoms with Gasteiger partial charge in [-0.2, -0.15) is 5.10 Å². The molecule has 0 spiro atoms. The number of nitrogens with zero attached hydrogens (tertiary/aromatic N) is 2. The first-order chi connectivity index (χ1) is 19.0. The van der Waals surface area contributed by atoms with Gasteiger partial charge in [-0.05, 0) is 86.2 Å². The molecule has 1 heterocycles. The van der Waals surface area contributed by atoms with Crippen molar-refractivity contribution < 1.29 is 14.0 Å². The van der Waals surface area contributed by atoms with Crippen molar-refractivity contribution in [1.82, 2.24) is 10.7 Å². The van der Waals surface area contributed by atoms with Crippen molar-refractivity contribution in [2.45, 2.75) is 13.8 Å². The molecule has 0 bridgehead atoms. The summed E-state index contributed by atoms with van der Waals surface area (Å²) < 4.78 is 5.79. The van der Waals surface area contributed by atoms with Crippen LogP contribution < -0.4 is 15.6 Å². The molecule has 0 atom stereocenters. The number of hydrazone groups is 1. The zero-order valence-electron chi connectivity index (χ0n) is 21.7. The van der Waals surface area contributed by atoms with Crippen molar-refractivity contribution in [1.29, 1.82) is 0 Å². The average Bonchev–Trinajstić information content (AvgIpc) is 3.44. The largest absolute Gasteiger partial charge is 0.455 e. The van der Waals surface area contributed by atoms with Crippen molar-refractivity contribution in [2.24, 2.45) is 5.10 Å². The summed E-state index contributed by atoms with van der Waals surface area (Å²) in [5, 5.41) is 7.38. The van der Waals surface area contributed by atoms with E-state index in [-0.39, 0.29) is 5.70 Å². The van der Waals surface area contributed by atoms with E-state index in [4.69, 9.17) is 16.0 Å². The maximum absolute atomic E-state index is 13.1. The highest BCUT2D eigenvalue weighted by molar-refractivity contribution is 6.30. The van der Waals surface area contributed by atoms with Crippen LogP contribution in [0.1, 0.15) is 35.5 Å². The Hall–Kier alpha value is -4.62. The van der Waals surface area contributed by atoms with Crippen LogP contribution in [0.25, 0.3) is 17.4 Å². The van der Waals surface area contributed by atoms with E-state index in [1.54, 1.807) is 54.6 Å². The van der Waals surface area contributed by atoms with Crippen LogP contribution in [0.5, 0.6) is 0 Å². The van der Waals surface area contributed by atoms with Crippen molar-refractivity contribution in [3.8, 4) is 11.3 Å². The summed E-state index contributed by atoms with van der Waals surface area (Å²) in [4.78, 5) is 28.1. The molecule has 0 saturated carbocycles. The summed E-state index contributed by atoms with van der Waals surface area (Å²) in [5.41, 5.74) is 5.66. The van der Waals surface area contributed by atoms with E-state index in [1.165, 1.54) is 6.21 Å². The third kappa shape index (κ3) is 7.46. The van der Waals surface area contributed by atoms with Gasteiger partial charge < -0.3 is 14.6 Å². The predicted molar refractivity (Wildman–Crippen MR) is 157 cm³/mol. The third-order valence-corrected chi connectivity index (χ3v) is 6.23. The number of carbonyl (C=O) groups is 2. The first-order valence-electron chi connectivity index (χ1n) is 12.6. The quantitative estimate of drug-likeness (QED) is 0.139. The van der Waals surface area contributed by atoms with Gasteiger partial charge in [-0.3, -0.25) is 9.59 Å². The minimum Gasteiger partial charge on any atom is -0.455 e. The van der Waals surface area contributed by atoms with Gasteiger partial charge in [0.2, 0.25) is 0 Å². The number of benzene rings is 3. The maximum Gasteiger partial charge on any atom is 0.287 e. The molecule has 1 aromatic heterocycles. The number of hydrogen-bond donors (Lipinski definition) is 2. The SMILES string of the molecule is CCN(CC)c1ccc(/C=C(/NC(=O)c2ccccc2)C(=O)N/N=C\c2ccc(-c3ccc(Cl)cc3)o2)cc1. The summed E-state index contributed by atoms with van der Waals surface area (Å²) in [6.45, 7) is 5.98. The minimum atomic E-state index is -0.576. The summed E-state index contributed by atoms with van der Waals surface area (Å²) in [7, 11) is 0. The average molecular weight is 541 g/mol. The van der Waals surface area contributed by atoms with E-state index in [9.17, 15) is 9.59 Å². The van der Waals surface area contributed by atoms with Gasteiger partial charge in [-0.15, -0.1) is 0 Å². The predicted octanol–water partition coefficient (Wildman–Crippen LogP) is 6.37. The molecule has 0 saturated heterocycles. The second kappa shape index (κ2) is 13.3. The van der Waals surface area contributed by atoms with Gasteiger partial charge >= 0.3 is 0 Å². The van der Waals surface area contributed by atoms with Crippen LogP contribution in [-0.2, 0) is 4.79 Å². The van der Waals surface area contributed by atoms with Crippen LogP contribution in [0, 0.1) is 0 Å². The highest BCUT2D eigenvalue weighted by Crippen LogP contribution is 2.23. The smallest absolute Gasteiger partial charge is 0.287 e. The molecule has 4 rings (SSSR count). The summed E-state index contributed by atoms with van der Waals surface area (Å²) in [6, 6.07) is 27.3. The Labute approximate surface area is 232 Å². The minimum absolute atomic E-state index is 0.0536. The second-order valence-electron chi connectivity index (χ2n) is 8.55. The highest BCUT2D eigenvalue weighted by Gasteiger charge is 2.15. The Morgan fingerprint density at radius 3 is 2.26 bits per heavy atom. The molecule has 3 aromatic carbocycles. The highest BCUT2D eigenvalue weighted by atomic mass is 35.5. The molecule has 0 unspecified atom stereocenters. The normalized spacial score (nSPS) is 11.4. The molecule has 2 amide bonds. The molecule has 7 nitrogen and oxygen atoms in total. The molecule has 8 heteroatoms. The van der Waals surface area contributed by atoms with E-state index in [0.717, 1.165) is 29.9 Å². The van der Waals surface area contributed by atoms with E-state index >= 15 is 0 Å². The third-order valence-electron chi connectivity index (χ3n) is 5.97. The van der Waals surface area contributed by atoms with Gasteiger partial charge in [0.1, 0.15) is 17.2 Å². The lowest BCUT2D eigenvalue weighted by molar-refractivity contribution is -0.117. The van der Waals surface area contributed by atoms with Gasteiger partial charge in [0.25, 0.3) is 11.8 Å². The maximum atomic E-state index is 13.1. The van der Waals surface area contributed by atoms with Gasteiger partial charge in [0.05, 0.1) is 6.21 Å². The van der Waals surface area contributed by atoms with Gasteiger partial charge in [-0.1, -0.05) is 41.9 Å². The van der Waals surface area contributed by atoms with E-state index in [2.05, 4.69) is 34.6 Å². The molecule has 0 fully saturated rings. The van der Waals surface area contributed by atoms with E-state index in [1.807, 2.05) is 42.5 Å². The Balaban J connectivity index is 1.51. The Kier molecular flexibility index (Phi) is 9.32. The lowest BCUT2D eigenvalue weighted by Crippen LogP contribution is -2.32. The zero-order chi connectivity index (χ0) is 27.6. The number of furan rings is 1. The first-order valence-corrected chi connectivity index (χ1v) is 13.0. The fourth-order valence-corrected chi connectivity index (χ4v) is 4.01. The van der Waals surface area contributed by atoms with Crippen LogP contribution in [0.15, 0.2) is 106 Å². The van der Waals surface area contributed by atoms with Crippen molar-refractivity contribution in [2.75, 3.05) is 18.0 Å². The molecule has 39 heavy (non-hydrogen) atoms. The molecule has 0 aliphatic carbocycles. The monoisotopic (exact) mass is 540 g/mol. The van der Waals surface area contributed by atoms with E-state index in [0.29, 0.717) is 22.1 Å². The topological polar surface area (TPSA) is 86.9 Å². The number of nitrogens with one attached hydrogen (secondary N) is 2.